The van der Waals surface area contributed by atoms with Crippen LogP contribution in [-0.4, -0.2) is 22.8 Å². The Bertz CT molecular complexity index is 838. The topological polar surface area (TPSA) is 68.5 Å². The molecule has 1 aromatic heterocycles. The Labute approximate surface area is 119 Å². The van der Waals surface area contributed by atoms with E-state index in [4.69, 9.17) is 4.74 Å². The first kappa shape index (κ1) is 13.6. The molecule has 0 atom stereocenters. The van der Waals surface area contributed by atoms with Crippen LogP contribution in [0.25, 0.3) is 10.9 Å². The zero-order valence-electron chi connectivity index (χ0n) is 11.7. The molecule has 2 aromatic rings. The molecule has 110 valence electrons. The summed E-state index contributed by atoms with van der Waals surface area (Å²) < 4.78 is 21.0. The Hall–Kier alpha value is -2.37. The molecule has 0 bridgehead atoms. The van der Waals surface area contributed by atoms with Crippen molar-refractivity contribution < 1.29 is 19.0 Å². The van der Waals surface area contributed by atoms with E-state index in [9.17, 15) is 19.1 Å². The number of nitrogens with zero attached hydrogens (tertiary/aromatic N) is 1. The van der Waals surface area contributed by atoms with Gasteiger partial charge >= 0.3 is 5.97 Å². The van der Waals surface area contributed by atoms with Crippen molar-refractivity contribution in [2.45, 2.75) is 26.3 Å². The summed E-state index contributed by atoms with van der Waals surface area (Å²) in [5.41, 5.74) is 0.688. The summed E-state index contributed by atoms with van der Waals surface area (Å²) >= 11 is 0. The predicted octanol–water partition coefficient (Wildman–Crippen LogP) is 2.10. The molecule has 1 aliphatic rings. The van der Waals surface area contributed by atoms with Crippen LogP contribution in [0.1, 0.15) is 28.0 Å². The number of methoxy groups -OCH3 is 1. The fraction of sp³-hybridized carbons (Fsp3) is 0.333. The molecule has 0 fully saturated rings. The van der Waals surface area contributed by atoms with E-state index in [1.54, 1.807) is 11.5 Å². The Kier molecular flexibility index (Phi) is 2.97. The van der Waals surface area contributed by atoms with Crippen LogP contribution in [0.4, 0.5) is 4.39 Å². The van der Waals surface area contributed by atoms with E-state index >= 15 is 0 Å². The van der Waals surface area contributed by atoms with Crippen molar-refractivity contribution in [3.63, 3.8) is 0 Å². The molecule has 1 aliphatic heterocycles. The number of pyridine rings is 1. The van der Waals surface area contributed by atoms with Crippen LogP contribution in [0.5, 0.6) is 5.75 Å². The van der Waals surface area contributed by atoms with Crippen LogP contribution in [0.3, 0.4) is 0 Å². The lowest BCUT2D eigenvalue weighted by Crippen LogP contribution is -2.26. The van der Waals surface area contributed by atoms with Crippen LogP contribution in [0, 0.1) is 12.7 Å². The maximum atomic E-state index is 14.1. The molecule has 0 aliphatic carbocycles. The van der Waals surface area contributed by atoms with Gasteiger partial charge in [0.1, 0.15) is 5.56 Å². The molecule has 0 saturated heterocycles. The largest absolute Gasteiger partial charge is 0.493 e. The van der Waals surface area contributed by atoms with Gasteiger partial charge in [0.2, 0.25) is 5.43 Å². The molecule has 0 unspecified atom stereocenters. The minimum absolute atomic E-state index is 0.103. The van der Waals surface area contributed by atoms with Gasteiger partial charge in [-0.05, 0) is 25.8 Å². The van der Waals surface area contributed by atoms with E-state index in [0.29, 0.717) is 29.7 Å². The van der Waals surface area contributed by atoms with Gasteiger partial charge in [-0.2, -0.15) is 0 Å². The lowest BCUT2D eigenvalue weighted by Gasteiger charge is -2.25. The summed E-state index contributed by atoms with van der Waals surface area (Å²) in [6, 6.07) is 1.08. The first-order valence-electron chi connectivity index (χ1n) is 6.63. The summed E-state index contributed by atoms with van der Waals surface area (Å²) in [5, 5.41) is 9.35. The number of hydrogen-bond donors (Lipinski definition) is 1. The van der Waals surface area contributed by atoms with Crippen LogP contribution in [0.15, 0.2) is 10.9 Å². The van der Waals surface area contributed by atoms with E-state index in [-0.39, 0.29) is 16.7 Å². The van der Waals surface area contributed by atoms with Crippen molar-refractivity contribution in [3.8, 4) is 5.75 Å². The van der Waals surface area contributed by atoms with Gasteiger partial charge in [0.15, 0.2) is 11.6 Å². The van der Waals surface area contributed by atoms with Crippen molar-refractivity contribution in [2.24, 2.45) is 0 Å². The molecule has 2 heterocycles. The van der Waals surface area contributed by atoms with E-state index in [1.165, 1.54) is 7.11 Å². The molecular formula is C15H14FNO4. The van der Waals surface area contributed by atoms with Crippen molar-refractivity contribution in [2.75, 3.05) is 7.11 Å². The molecule has 21 heavy (non-hydrogen) atoms. The Balaban J connectivity index is 2.59. The summed E-state index contributed by atoms with van der Waals surface area (Å²) in [6.45, 7) is 2.21. The Morgan fingerprint density at radius 1 is 1.48 bits per heavy atom. The molecular weight excluding hydrogens is 277 g/mol. The lowest BCUT2D eigenvalue weighted by molar-refractivity contribution is 0.0694. The number of carboxylic acid groups (broad SMARTS) is 1. The van der Waals surface area contributed by atoms with Gasteiger partial charge < -0.3 is 14.4 Å². The van der Waals surface area contributed by atoms with Crippen LogP contribution in [0.2, 0.25) is 0 Å². The Morgan fingerprint density at radius 2 is 2.19 bits per heavy atom. The molecule has 0 radical (unpaired) electrons. The number of aromatic nitrogens is 1. The van der Waals surface area contributed by atoms with Crippen LogP contribution < -0.4 is 10.2 Å². The minimum atomic E-state index is -1.29. The van der Waals surface area contributed by atoms with Gasteiger partial charge in [0, 0.05) is 17.8 Å². The molecule has 3 rings (SSSR count). The maximum absolute atomic E-state index is 14.1. The molecule has 0 amide bonds. The average molecular weight is 291 g/mol. The quantitative estimate of drug-likeness (QED) is 0.920. The first-order chi connectivity index (χ1) is 9.97. The fourth-order valence-electron chi connectivity index (χ4n) is 3.16. The monoisotopic (exact) mass is 291 g/mol. The van der Waals surface area contributed by atoms with Gasteiger partial charge in [-0.1, -0.05) is 0 Å². The van der Waals surface area contributed by atoms with E-state index < -0.39 is 17.2 Å². The van der Waals surface area contributed by atoms with Gasteiger partial charge in [-0.15, -0.1) is 0 Å². The van der Waals surface area contributed by atoms with Crippen molar-refractivity contribution in [1.82, 2.24) is 4.57 Å². The highest BCUT2D eigenvalue weighted by Gasteiger charge is 2.26. The second-order valence-electron chi connectivity index (χ2n) is 5.12. The summed E-state index contributed by atoms with van der Waals surface area (Å²) in [5.74, 6) is -1.78. The lowest BCUT2D eigenvalue weighted by atomic mass is 9.96. The number of halogens is 1. The zero-order chi connectivity index (χ0) is 15.3. The number of carbonyl (C=O) groups is 1. The number of hydrogen-bond acceptors (Lipinski definition) is 3. The van der Waals surface area contributed by atoms with Crippen LogP contribution in [-0.2, 0) is 13.0 Å². The van der Waals surface area contributed by atoms with Gasteiger partial charge in [0.25, 0.3) is 0 Å². The first-order valence-corrected chi connectivity index (χ1v) is 6.63. The van der Waals surface area contributed by atoms with Crippen molar-refractivity contribution >= 4 is 16.9 Å². The smallest absolute Gasteiger partial charge is 0.341 e. The number of carboxylic acids is 1. The zero-order valence-corrected chi connectivity index (χ0v) is 11.7. The van der Waals surface area contributed by atoms with Crippen molar-refractivity contribution in [3.05, 3.63) is 38.9 Å². The standard InChI is InChI=1S/C15H14FNO4/c1-7-11(15(19)20)13(18)9-6-10(16)14(21-2)8-4-3-5-17(7)12(8)9/h6H,3-5H2,1-2H3,(H,19,20). The number of aryl methyl sites for hydroxylation is 2. The number of rotatable bonds is 2. The highest BCUT2D eigenvalue weighted by molar-refractivity contribution is 5.95. The second-order valence-corrected chi connectivity index (χ2v) is 5.12. The molecule has 6 heteroatoms. The number of ether oxygens (including phenoxy) is 1. The Morgan fingerprint density at radius 3 is 2.81 bits per heavy atom. The molecule has 1 aromatic carbocycles. The summed E-state index contributed by atoms with van der Waals surface area (Å²) in [7, 11) is 1.39. The second kappa shape index (κ2) is 4.58. The fourth-order valence-corrected chi connectivity index (χ4v) is 3.16. The SMILES string of the molecule is COc1c(F)cc2c(=O)c(C(=O)O)c(C)n3c2c1CCC3. The average Bonchev–Trinajstić information content (AvgIpc) is 2.44. The highest BCUT2D eigenvalue weighted by Crippen LogP contribution is 2.34. The summed E-state index contributed by atoms with van der Waals surface area (Å²) in [4.78, 5) is 23.7. The minimum Gasteiger partial charge on any atom is -0.493 e. The van der Waals surface area contributed by atoms with Crippen molar-refractivity contribution in [1.29, 1.82) is 0 Å². The van der Waals surface area contributed by atoms with Gasteiger partial charge in [-0.3, -0.25) is 4.79 Å². The van der Waals surface area contributed by atoms with E-state index in [0.717, 1.165) is 12.5 Å². The third-order valence-electron chi connectivity index (χ3n) is 4.04. The molecule has 0 spiro atoms. The van der Waals surface area contributed by atoms with E-state index in [1.807, 2.05) is 0 Å². The summed E-state index contributed by atoms with van der Waals surface area (Å²) in [6.07, 6.45) is 1.34. The third kappa shape index (κ3) is 1.75. The van der Waals surface area contributed by atoms with Crippen LogP contribution >= 0.6 is 0 Å². The molecule has 5 nitrogen and oxygen atoms in total. The molecule has 0 saturated carbocycles. The third-order valence-corrected chi connectivity index (χ3v) is 4.04. The number of benzene rings is 1. The van der Waals surface area contributed by atoms with Gasteiger partial charge in [0.05, 0.1) is 18.0 Å². The predicted molar refractivity (Wildman–Crippen MR) is 74.7 cm³/mol. The maximum Gasteiger partial charge on any atom is 0.341 e. The highest BCUT2D eigenvalue weighted by atomic mass is 19.1. The molecule has 1 N–H and O–H groups in total. The number of aromatic carboxylic acids is 1. The van der Waals surface area contributed by atoms with Gasteiger partial charge in [-0.25, -0.2) is 9.18 Å². The van der Waals surface area contributed by atoms with E-state index in [2.05, 4.69) is 0 Å². The normalized spacial score (nSPS) is 13.5.